The van der Waals surface area contributed by atoms with Crippen LogP contribution in [0.25, 0.3) is 6.08 Å². The van der Waals surface area contributed by atoms with Crippen LogP contribution in [-0.4, -0.2) is 49.4 Å². The molecule has 2 N–H and O–H groups in total. The van der Waals surface area contributed by atoms with E-state index >= 15 is 0 Å². The number of nitrogens with zero attached hydrogens (tertiary/aromatic N) is 1. The molecule has 0 unspecified atom stereocenters. The molecule has 22 heavy (non-hydrogen) atoms. The molecule has 1 saturated heterocycles. The highest BCUT2D eigenvalue weighted by molar-refractivity contribution is 5.88. The fourth-order valence-corrected chi connectivity index (χ4v) is 2.65. The molecule has 5 heteroatoms. The fraction of sp³-hybridized carbons (Fsp3) is 0.412. The van der Waals surface area contributed by atoms with E-state index in [0.717, 1.165) is 12.1 Å². The number of carbonyl (C=O) groups is 2. The molecule has 5 nitrogen and oxygen atoms in total. The first-order valence-electron chi connectivity index (χ1n) is 7.54. The molecule has 0 saturated carbocycles. The van der Waals surface area contributed by atoms with Crippen molar-refractivity contribution in [2.45, 2.75) is 19.4 Å². The van der Waals surface area contributed by atoms with Gasteiger partial charge in [-0.15, -0.1) is 0 Å². The van der Waals surface area contributed by atoms with Crippen molar-refractivity contribution in [1.29, 1.82) is 0 Å². The maximum Gasteiger partial charge on any atom is 0.237 e. The molecule has 2 amide bonds. The van der Waals surface area contributed by atoms with Crippen molar-refractivity contribution >= 4 is 17.9 Å². The van der Waals surface area contributed by atoms with E-state index < -0.39 is 6.04 Å². The Bertz CT molecular complexity index is 554. The summed E-state index contributed by atoms with van der Waals surface area (Å²) in [7, 11) is 1.59. The number of rotatable bonds is 5. The zero-order valence-corrected chi connectivity index (χ0v) is 13.1. The average molecular weight is 301 g/mol. The lowest BCUT2D eigenvalue weighted by molar-refractivity contribution is -0.133. The lowest BCUT2D eigenvalue weighted by Crippen LogP contribution is -2.56. The molecule has 118 valence electrons. The molecule has 1 aliphatic rings. The second kappa shape index (κ2) is 7.75. The van der Waals surface area contributed by atoms with Crippen molar-refractivity contribution in [3.8, 4) is 0 Å². The SMILES string of the molecule is CNC(=O)C[C@@H]1C(=O)NCCN1C/C(C)=C/c1ccccc1. The van der Waals surface area contributed by atoms with Crippen LogP contribution >= 0.6 is 0 Å². The van der Waals surface area contributed by atoms with E-state index in [1.165, 1.54) is 5.57 Å². The van der Waals surface area contributed by atoms with Crippen LogP contribution in [0, 0.1) is 0 Å². The van der Waals surface area contributed by atoms with E-state index in [1.54, 1.807) is 7.05 Å². The largest absolute Gasteiger partial charge is 0.359 e. The van der Waals surface area contributed by atoms with Gasteiger partial charge in [0, 0.05) is 26.7 Å². The van der Waals surface area contributed by atoms with Gasteiger partial charge in [-0.25, -0.2) is 0 Å². The van der Waals surface area contributed by atoms with E-state index in [9.17, 15) is 9.59 Å². The smallest absolute Gasteiger partial charge is 0.237 e. The Morgan fingerprint density at radius 1 is 1.41 bits per heavy atom. The number of nitrogens with one attached hydrogen (secondary N) is 2. The predicted molar refractivity (Wildman–Crippen MR) is 87.1 cm³/mol. The van der Waals surface area contributed by atoms with E-state index in [2.05, 4.69) is 40.7 Å². The topological polar surface area (TPSA) is 61.4 Å². The lowest BCUT2D eigenvalue weighted by atomic mass is 10.1. The summed E-state index contributed by atoms with van der Waals surface area (Å²) in [6.07, 6.45) is 2.31. The number of benzene rings is 1. The zero-order valence-electron chi connectivity index (χ0n) is 13.1. The first-order chi connectivity index (χ1) is 10.6. The summed E-state index contributed by atoms with van der Waals surface area (Å²) in [5.74, 6) is -0.181. The summed E-state index contributed by atoms with van der Waals surface area (Å²) in [4.78, 5) is 25.7. The van der Waals surface area contributed by atoms with Crippen molar-refractivity contribution in [3.63, 3.8) is 0 Å². The molecule has 0 aromatic heterocycles. The first kappa shape index (κ1) is 16.2. The van der Waals surface area contributed by atoms with Gasteiger partial charge in [0.1, 0.15) is 0 Å². The third kappa shape index (κ3) is 4.43. The molecule has 1 aromatic carbocycles. The summed E-state index contributed by atoms with van der Waals surface area (Å²) < 4.78 is 0. The van der Waals surface area contributed by atoms with Crippen molar-refractivity contribution in [2.75, 3.05) is 26.7 Å². The highest BCUT2D eigenvalue weighted by Crippen LogP contribution is 2.13. The highest BCUT2D eigenvalue weighted by Gasteiger charge is 2.31. The van der Waals surface area contributed by atoms with Crippen molar-refractivity contribution < 1.29 is 9.59 Å². The molecule has 0 bridgehead atoms. The summed E-state index contributed by atoms with van der Waals surface area (Å²) in [5, 5.41) is 5.42. The molecule has 1 aromatic rings. The predicted octanol–water partition coefficient (Wildman–Crippen LogP) is 1.03. The Labute approximate surface area is 131 Å². The van der Waals surface area contributed by atoms with Crippen molar-refractivity contribution in [3.05, 3.63) is 41.5 Å². The Morgan fingerprint density at radius 3 is 2.82 bits per heavy atom. The normalized spacial score (nSPS) is 19.6. The number of hydrogen-bond acceptors (Lipinski definition) is 3. The van der Waals surface area contributed by atoms with Gasteiger partial charge in [-0.3, -0.25) is 14.5 Å². The van der Waals surface area contributed by atoms with E-state index in [-0.39, 0.29) is 18.2 Å². The minimum Gasteiger partial charge on any atom is -0.359 e. The Morgan fingerprint density at radius 2 is 2.14 bits per heavy atom. The van der Waals surface area contributed by atoms with Gasteiger partial charge in [0.25, 0.3) is 0 Å². The molecule has 2 rings (SSSR count). The maximum absolute atomic E-state index is 12.0. The minimum absolute atomic E-state index is 0.0673. The van der Waals surface area contributed by atoms with Crippen LogP contribution in [0.3, 0.4) is 0 Å². The number of carbonyl (C=O) groups excluding carboxylic acids is 2. The molecule has 1 heterocycles. The molecular weight excluding hydrogens is 278 g/mol. The van der Waals surface area contributed by atoms with Crippen molar-refractivity contribution in [2.24, 2.45) is 0 Å². The summed E-state index contributed by atoms with van der Waals surface area (Å²) in [6.45, 7) is 4.12. The molecule has 1 aliphatic heterocycles. The fourth-order valence-electron chi connectivity index (χ4n) is 2.65. The average Bonchev–Trinajstić information content (AvgIpc) is 2.51. The zero-order chi connectivity index (χ0) is 15.9. The Hall–Kier alpha value is -2.14. The van der Waals surface area contributed by atoms with Crippen LogP contribution < -0.4 is 10.6 Å². The van der Waals surface area contributed by atoms with Gasteiger partial charge < -0.3 is 10.6 Å². The van der Waals surface area contributed by atoms with Crippen LogP contribution in [0.2, 0.25) is 0 Å². The third-order valence-electron chi connectivity index (χ3n) is 3.76. The van der Waals surface area contributed by atoms with Crippen LogP contribution in [0.4, 0.5) is 0 Å². The Kier molecular flexibility index (Phi) is 5.72. The standard InChI is InChI=1S/C17H23N3O2/c1-13(10-14-6-4-3-5-7-14)12-20-9-8-19-17(22)15(20)11-16(21)18-2/h3-7,10,15H,8-9,11-12H2,1-2H3,(H,18,21)(H,19,22)/b13-10+/t15-/m1/s1. The second-order valence-corrected chi connectivity index (χ2v) is 5.56. The van der Waals surface area contributed by atoms with Crippen LogP contribution in [0.15, 0.2) is 35.9 Å². The maximum atomic E-state index is 12.0. The van der Waals surface area contributed by atoms with Crippen molar-refractivity contribution in [1.82, 2.24) is 15.5 Å². The number of amides is 2. The van der Waals surface area contributed by atoms with Gasteiger partial charge in [0.2, 0.25) is 11.8 Å². The molecular formula is C17H23N3O2. The highest BCUT2D eigenvalue weighted by atomic mass is 16.2. The van der Waals surface area contributed by atoms with Crippen LogP contribution in [0.1, 0.15) is 18.9 Å². The summed E-state index contributed by atoms with van der Waals surface area (Å²) >= 11 is 0. The molecule has 1 fully saturated rings. The molecule has 0 aliphatic carbocycles. The molecule has 1 atom stereocenters. The molecule has 0 spiro atoms. The van der Waals surface area contributed by atoms with E-state index in [1.807, 2.05) is 18.2 Å². The first-order valence-corrected chi connectivity index (χ1v) is 7.54. The third-order valence-corrected chi connectivity index (χ3v) is 3.76. The summed E-state index contributed by atoms with van der Waals surface area (Å²) in [6, 6.07) is 9.70. The second-order valence-electron chi connectivity index (χ2n) is 5.56. The van der Waals surface area contributed by atoms with E-state index in [4.69, 9.17) is 0 Å². The Balaban J connectivity index is 2.06. The van der Waals surface area contributed by atoms with Gasteiger partial charge >= 0.3 is 0 Å². The van der Waals surface area contributed by atoms with Crippen LogP contribution in [-0.2, 0) is 9.59 Å². The van der Waals surface area contributed by atoms with Gasteiger partial charge in [-0.05, 0) is 12.5 Å². The minimum atomic E-state index is -0.396. The molecule has 0 radical (unpaired) electrons. The monoisotopic (exact) mass is 301 g/mol. The van der Waals surface area contributed by atoms with E-state index in [0.29, 0.717) is 13.1 Å². The number of hydrogen-bond donors (Lipinski definition) is 2. The van der Waals surface area contributed by atoms with Gasteiger partial charge in [0.15, 0.2) is 0 Å². The van der Waals surface area contributed by atoms with Crippen LogP contribution in [0.5, 0.6) is 0 Å². The number of piperazine rings is 1. The van der Waals surface area contributed by atoms with Gasteiger partial charge in [0.05, 0.1) is 12.5 Å². The van der Waals surface area contributed by atoms with Gasteiger partial charge in [-0.1, -0.05) is 42.0 Å². The van der Waals surface area contributed by atoms with Gasteiger partial charge in [-0.2, -0.15) is 0 Å². The lowest BCUT2D eigenvalue weighted by Gasteiger charge is -2.34. The summed E-state index contributed by atoms with van der Waals surface area (Å²) in [5.41, 5.74) is 2.31. The quantitative estimate of drug-likeness (QED) is 0.854.